The third kappa shape index (κ3) is 3.16. The Balaban J connectivity index is 1.74. The molecule has 0 bridgehead atoms. The van der Waals surface area contributed by atoms with Gasteiger partial charge in [-0.25, -0.2) is 13.2 Å². The third-order valence-electron chi connectivity index (χ3n) is 5.07. The van der Waals surface area contributed by atoms with Crippen LogP contribution in [0, 0.1) is 6.92 Å². The Morgan fingerprint density at radius 2 is 1.63 bits per heavy atom. The van der Waals surface area contributed by atoms with Crippen molar-refractivity contribution < 1.29 is 17.9 Å². The first kappa shape index (κ1) is 17.9. The largest absolute Gasteiger partial charge is 0.494 e. The van der Waals surface area contributed by atoms with Crippen LogP contribution in [0.1, 0.15) is 12.5 Å². The van der Waals surface area contributed by atoms with Crippen molar-refractivity contribution in [2.75, 3.05) is 27.9 Å². The van der Waals surface area contributed by atoms with E-state index in [1.807, 2.05) is 50.2 Å². The van der Waals surface area contributed by atoms with Gasteiger partial charge in [0.15, 0.2) is 9.84 Å². The fraction of sp³-hybridized carbons (Fsp3) is 0.350. The van der Waals surface area contributed by atoms with Crippen LogP contribution in [0.3, 0.4) is 0 Å². The van der Waals surface area contributed by atoms with Gasteiger partial charge < -0.3 is 4.74 Å². The van der Waals surface area contributed by atoms with Gasteiger partial charge >= 0.3 is 6.03 Å². The van der Waals surface area contributed by atoms with Crippen molar-refractivity contribution in [1.29, 1.82) is 0 Å². The zero-order valence-electron chi connectivity index (χ0n) is 15.3. The molecule has 2 fully saturated rings. The first-order valence-corrected chi connectivity index (χ1v) is 10.8. The van der Waals surface area contributed by atoms with Crippen molar-refractivity contribution in [2.45, 2.75) is 25.9 Å². The minimum atomic E-state index is -3.20. The molecule has 2 aliphatic rings. The second-order valence-electron chi connectivity index (χ2n) is 7.00. The third-order valence-corrected chi connectivity index (χ3v) is 6.77. The summed E-state index contributed by atoms with van der Waals surface area (Å²) in [5.74, 6) is 0.697. The second kappa shape index (κ2) is 6.56. The lowest BCUT2D eigenvalue weighted by Gasteiger charge is -2.23. The fourth-order valence-corrected chi connectivity index (χ4v) is 5.87. The van der Waals surface area contributed by atoms with Crippen molar-refractivity contribution in [3.63, 3.8) is 0 Å². The highest BCUT2D eigenvalue weighted by atomic mass is 32.2. The van der Waals surface area contributed by atoms with Crippen LogP contribution in [0.15, 0.2) is 48.5 Å². The number of rotatable bonds is 4. The number of carbonyl (C=O) groups excluding carboxylic acids is 1. The van der Waals surface area contributed by atoms with E-state index in [1.54, 1.807) is 21.9 Å². The molecule has 0 N–H and O–H groups in total. The van der Waals surface area contributed by atoms with Crippen LogP contribution in [0.2, 0.25) is 0 Å². The number of sulfone groups is 1. The van der Waals surface area contributed by atoms with Crippen molar-refractivity contribution in [2.24, 2.45) is 0 Å². The molecule has 27 heavy (non-hydrogen) atoms. The number of carbonyl (C=O) groups is 1. The minimum Gasteiger partial charge on any atom is -0.494 e. The molecule has 142 valence electrons. The number of anilines is 2. The van der Waals surface area contributed by atoms with Gasteiger partial charge in [0.1, 0.15) is 5.75 Å². The zero-order chi connectivity index (χ0) is 19.2. The predicted molar refractivity (Wildman–Crippen MR) is 105 cm³/mol. The lowest BCUT2D eigenvalue weighted by atomic mass is 10.1. The molecule has 2 heterocycles. The van der Waals surface area contributed by atoms with Crippen LogP contribution in [0.4, 0.5) is 16.2 Å². The zero-order valence-corrected chi connectivity index (χ0v) is 16.1. The number of urea groups is 1. The smallest absolute Gasteiger partial charge is 0.329 e. The van der Waals surface area contributed by atoms with E-state index in [9.17, 15) is 13.2 Å². The highest BCUT2D eigenvalue weighted by molar-refractivity contribution is 7.91. The van der Waals surface area contributed by atoms with Gasteiger partial charge in [-0.2, -0.15) is 0 Å². The van der Waals surface area contributed by atoms with E-state index >= 15 is 0 Å². The highest BCUT2D eigenvalue weighted by Gasteiger charge is 2.54. The Hall–Kier alpha value is -2.54. The number of nitrogens with zero attached hydrogens (tertiary/aromatic N) is 2. The maximum absolute atomic E-state index is 13.3. The molecule has 0 saturated carbocycles. The van der Waals surface area contributed by atoms with Crippen LogP contribution in [0.5, 0.6) is 5.75 Å². The summed E-state index contributed by atoms with van der Waals surface area (Å²) in [7, 11) is -3.20. The molecule has 7 heteroatoms. The van der Waals surface area contributed by atoms with Crippen LogP contribution < -0.4 is 14.5 Å². The van der Waals surface area contributed by atoms with Crippen molar-refractivity contribution in [3.05, 3.63) is 54.1 Å². The number of amides is 2. The van der Waals surface area contributed by atoms with E-state index in [2.05, 4.69) is 0 Å². The Kier molecular flexibility index (Phi) is 4.34. The van der Waals surface area contributed by atoms with Crippen molar-refractivity contribution in [1.82, 2.24) is 0 Å². The molecule has 2 atom stereocenters. The van der Waals surface area contributed by atoms with Gasteiger partial charge in [0.25, 0.3) is 0 Å². The predicted octanol–water partition coefficient (Wildman–Crippen LogP) is 3.01. The van der Waals surface area contributed by atoms with Gasteiger partial charge in [-0.05, 0) is 55.8 Å². The number of fused-ring (bicyclic) bond motifs is 1. The Morgan fingerprint density at radius 1 is 1.00 bits per heavy atom. The number of aryl methyl sites for hydroxylation is 1. The Morgan fingerprint density at radius 3 is 2.22 bits per heavy atom. The summed E-state index contributed by atoms with van der Waals surface area (Å²) >= 11 is 0. The minimum absolute atomic E-state index is 0.00905. The maximum Gasteiger partial charge on any atom is 0.329 e. The molecule has 2 aliphatic heterocycles. The summed E-state index contributed by atoms with van der Waals surface area (Å²) in [5, 5.41) is 0. The first-order valence-electron chi connectivity index (χ1n) is 9.02. The molecule has 0 aliphatic carbocycles. The van der Waals surface area contributed by atoms with E-state index in [0.29, 0.717) is 12.3 Å². The summed E-state index contributed by atoms with van der Waals surface area (Å²) in [6.45, 7) is 4.43. The molecule has 0 unspecified atom stereocenters. The quantitative estimate of drug-likeness (QED) is 0.758. The topological polar surface area (TPSA) is 66.9 Å². The van der Waals surface area contributed by atoms with E-state index in [1.165, 1.54) is 0 Å². The maximum atomic E-state index is 13.3. The standard InChI is InChI=1S/C20H22N2O4S/c1-3-26-17-9-7-15(8-10-17)21-18-12-27(24,25)13-19(18)22(20(21)23)16-6-4-5-14(2)11-16/h4-11,18-19H,3,12-13H2,1-2H3/t18-,19-/m1/s1. The van der Waals surface area contributed by atoms with Gasteiger partial charge in [0, 0.05) is 11.4 Å². The number of hydrogen-bond donors (Lipinski definition) is 0. The molecule has 2 aromatic rings. The number of ether oxygens (including phenoxy) is 1. The van der Waals surface area contributed by atoms with Gasteiger partial charge in [-0.3, -0.25) is 9.80 Å². The average molecular weight is 386 g/mol. The Bertz CT molecular complexity index is 972. The SMILES string of the molecule is CCOc1ccc(N2C(=O)N(c3cccc(C)c3)[C@@H]3CS(=O)(=O)C[C@H]32)cc1. The average Bonchev–Trinajstić information content (AvgIpc) is 3.04. The van der Waals surface area contributed by atoms with Gasteiger partial charge in [0.05, 0.1) is 30.2 Å². The molecular weight excluding hydrogens is 364 g/mol. The van der Waals surface area contributed by atoms with E-state index in [0.717, 1.165) is 17.0 Å². The fourth-order valence-electron chi connectivity index (χ4n) is 3.95. The van der Waals surface area contributed by atoms with E-state index in [-0.39, 0.29) is 29.6 Å². The summed E-state index contributed by atoms with van der Waals surface area (Å²) in [4.78, 5) is 16.5. The molecule has 0 radical (unpaired) electrons. The Labute approximate surface area is 159 Å². The molecule has 0 aromatic heterocycles. The molecule has 4 rings (SSSR count). The molecule has 0 spiro atoms. The lowest BCUT2D eigenvalue weighted by Crippen LogP contribution is -2.37. The van der Waals surface area contributed by atoms with Gasteiger partial charge in [-0.15, -0.1) is 0 Å². The highest BCUT2D eigenvalue weighted by Crippen LogP contribution is 2.38. The number of hydrogen-bond acceptors (Lipinski definition) is 4. The molecular formula is C20H22N2O4S. The second-order valence-corrected chi connectivity index (χ2v) is 9.15. The van der Waals surface area contributed by atoms with Gasteiger partial charge in [-0.1, -0.05) is 12.1 Å². The first-order chi connectivity index (χ1) is 12.9. The molecule has 6 nitrogen and oxygen atoms in total. The van der Waals surface area contributed by atoms with Crippen LogP contribution >= 0.6 is 0 Å². The van der Waals surface area contributed by atoms with Crippen molar-refractivity contribution in [3.8, 4) is 5.75 Å². The van der Waals surface area contributed by atoms with E-state index < -0.39 is 9.84 Å². The molecule has 2 saturated heterocycles. The van der Waals surface area contributed by atoms with Crippen molar-refractivity contribution >= 4 is 27.2 Å². The summed E-state index contributed by atoms with van der Waals surface area (Å²) in [5.41, 5.74) is 2.45. The van der Waals surface area contributed by atoms with Crippen LogP contribution in [-0.2, 0) is 9.84 Å². The number of benzene rings is 2. The molecule has 2 aromatic carbocycles. The summed E-state index contributed by atoms with van der Waals surface area (Å²) < 4.78 is 30.1. The monoisotopic (exact) mass is 386 g/mol. The molecule has 2 amide bonds. The summed E-state index contributed by atoms with van der Waals surface area (Å²) in [6.07, 6.45) is 0. The normalized spacial score (nSPS) is 23.6. The van der Waals surface area contributed by atoms with Crippen LogP contribution in [0.25, 0.3) is 0 Å². The summed E-state index contributed by atoms with van der Waals surface area (Å²) in [6, 6.07) is 13.9. The lowest BCUT2D eigenvalue weighted by molar-refractivity contribution is 0.255. The van der Waals surface area contributed by atoms with Gasteiger partial charge in [0.2, 0.25) is 0 Å². The van der Waals surface area contributed by atoms with E-state index in [4.69, 9.17) is 4.74 Å². The van der Waals surface area contributed by atoms with Crippen LogP contribution in [-0.4, -0.2) is 44.6 Å².